The lowest BCUT2D eigenvalue weighted by Gasteiger charge is -2.06. The maximum atomic E-state index is 13.1. The van der Waals surface area contributed by atoms with E-state index in [4.69, 9.17) is 23.2 Å². The number of nitrogens with zero attached hydrogens (tertiary/aromatic N) is 1. The minimum absolute atomic E-state index is 0.372. The summed E-state index contributed by atoms with van der Waals surface area (Å²) in [5.41, 5.74) is 1.44. The standard InChI is InChI=1S/C12H10Cl2FN/c1-2-3-7-4-9-10(13)5-8(15)6-11(9)16-12(7)14/h4-6H,2-3H2,1H3. The van der Waals surface area contributed by atoms with E-state index in [1.807, 2.05) is 6.07 Å². The van der Waals surface area contributed by atoms with Crippen molar-refractivity contribution in [3.63, 3.8) is 0 Å². The predicted molar refractivity (Wildman–Crippen MR) is 65.7 cm³/mol. The van der Waals surface area contributed by atoms with Crippen molar-refractivity contribution in [1.82, 2.24) is 4.98 Å². The number of rotatable bonds is 2. The molecule has 0 aliphatic carbocycles. The average Bonchev–Trinajstić information content (AvgIpc) is 2.20. The lowest BCUT2D eigenvalue weighted by molar-refractivity contribution is 0.629. The highest BCUT2D eigenvalue weighted by Crippen LogP contribution is 2.28. The number of aromatic nitrogens is 1. The highest BCUT2D eigenvalue weighted by Gasteiger charge is 2.08. The number of pyridine rings is 1. The summed E-state index contributed by atoms with van der Waals surface area (Å²) >= 11 is 12.0. The van der Waals surface area contributed by atoms with E-state index < -0.39 is 5.82 Å². The van der Waals surface area contributed by atoms with Crippen LogP contribution in [0.2, 0.25) is 10.2 Å². The predicted octanol–water partition coefficient (Wildman–Crippen LogP) is 4.63. The Morgan fingerprint density at radius 3 is 2.69 bits per heavy atom. The molecule has 1 heterocycles. The first-order chi connectivity index (χ1) is 7.61. The van der Waals surface area contributed by atoms with Gasteiger partial charge in [0.25, 0.3) is 0 Å². The molecule has 4 heteroatoms. The Kier molecular flexibility index (Phi) is 3.31. The first-order valence-corrected chi connectivity index (χ1v) is 5.81. The molecule has 1 aromatic carbocycles. The third-order valence-electron chi connectivity index (χ3n) is 2.39. The molecule has 0 bridgehead atoms. The zero-order valence-corrected chi connectivity index (χ0v) is 10.2. The van der Waals surface area contributed by atoms with Crippen LogP contribution in [0.25, 0.3) is 10.9 Å². The molecule has 0 aliphatic rings. The SMILES string of the molecule is CCCc1cc2c(Cl)cc(F)cc2nc1Cl. The van der Waals surface area contributed by atoms with E-state index in [-0.39, 0.29) is 0 Å². The Balaban J connectivity index is 2.69. The summed E-state index contributed by atoms with van der Waals surface area (Å²) in [6.45, 7) is 2.06. The zero-order chi connectivity index (χ0) is 11.7. The quantitative estimate of drug-likeness (QED) is 0.715. The van der Waals surface area contributed by atoms with Crippen LogP contribution in [0.4, 0.5) is 4.39 Å². The summed E-state index contributed by atoms with van der Waals surface area (Å²) in [4.78, 5) is 4.16. The van der Waals surface area contributed by atoms with E-state index in [0.29, 0.717) is 15.7 Å². The van der Waals surface area contributed by atoms with Gasteiger partial charge >= 0.3 is 0 Å². The van der Waals surface area contributed by atoms with Crippen LogP contribution < -0.4 is 0 Å². The van der Waals surface area contributed by atoms with Crippen LogP contribution >= 0.6 is 23.2 Å². The first-order valence-electron chi connectivity index (χ1n) is 5.06. The third kappa shape index (κ3) is 2.13. The Hall–Kier alpha value is -0.860. The van der Waals surface area contributed by atoms with Crippen molar-refractivity contribution in [1.29, 1.82) is 0 Å². The lowest BCUT2D eigenvalue weighted by Crippen LogP contribution is -1.91. The van der Waals surface area contributed by atoms with E-state index in [9.17, 15) is 4.39 Å². The second-order valence-corrected chi connectivity index (χ2v) is 4.41. The highest BCUT2D eigenvalue weighted by molar-refractivity contribution is 6.36. The molecule has 84 valence electrons. The zero-order valence-electron chi connectivity index (χ0n) is 8.73. The summed E-state index contributed by atoms with van der Waals surface area (Å²) in [5.74, 6) is -0.399. The molecule has 0 amide bonds. The summed E-state index contributed by atoms with van der Waals surface area (Å²) < 4.78 is 13.1. The van der Waals surface area contributed by atoms with Crippen molar-refractivity contribution >= 4 is 34.1 Å². The molecule has 2 aromatic rings. The van der Waals surface area contributed by atoms with Crippen LogP contribution in [0.5, 0.6) is 0 Å². The van der Waals surface area contributed by atoms with Gasteiger partial charge in [-0.3, -0.25) is 0 Å². The Labute approximate surface area is 103 Å². The second kappa shape index (κ2) is 4.56. The van der Waals surface area contributed by atoms with Crippen LogP contribution in [0.3, 0.4) is 0 Å². The minimum Gasteiger partial charge on any atom is -0.236 e. The number of benzene rings is 1. The Morgan fingerprint density at radius 1 is 1.25 bits per heavy atom. The van der Waals surface area contributed by atoms with Crippen LogP contribution in [0.1, 0.15) is 18.9 Å². The molecule has 0 spiro atoms. The van der Waals surface area contributed by atoms with Crippen LogP contribution in [-0.4, -0.2) is 4.98 Å². The van der Waals surface area contributed by atoms with Gasteiger partial charge in [0.15, 0.2) is 0 Å². The van der Waals surface area contributed by atoms with Crippen LogP contribution in [0.15, 0.2) is 18.2 Å². The molecule has 0 saturated carbocycles. The van der Waals surface area contributed by atoms with E-state index in [1.165, 1.54) is 12.1 Å². The number of hydrogen-bond donors (Lipinski definition) is 0. The van der Waals surface area contributed by atoms with E-state index in [2.05, 4.69) is 11.9 Å². The van der Waals surface area contributed by atoms with Crippen LogP contribution in [-0.2, 0) is 6.42 Å². The smallest absolute Gasteiger partial charge is 0.132 e. The largest absolute Gasteiger partial charge is 0.236 e. The number of halogens is 3. The van der Waals surface area contributed by atoms with E-state index in [0.717, 1.165) is 23.8 Å². The molecule has 0 saturated heterocycles. The molecule has 0 N–H and O–H groups in total. The maximum absolute atomic E-state index is 13.1. The summed E-state index contributed by atoms with van der Waals surface area (Å²) in [7, 11) is 0. The van der Waals surface area contributed by atoms with Gasteiger partial charge in [-0.25, -0.2) is 9.37 Å². The van der Waals surface area contributed by atoms with Crippen molar-refractivity contribution in [3.05, 3.63) is 39.8 Å². The van der Waals surface area contributed by atoms with Gasteiger partial charge in [-0.05, 0) is 24.1 Å². The molecule has 0 radical (unpaired) electrons. The monoisotopic (exact) mass is 257 g/mol. The Bertz CT molecular complexity index is 540. The van der Waals surface area contributed by atoms with Crippen LogP contribution in [0, 0.1) is 5.82 Å². The molecular formula is C12H10Cl2FN. The fourth-order valence-corrected chi connectivity index (χ4v) is 2.16. The second-order valence-electron chi connectivity index (χ2n) is 3.64. The van der Waals surface area contributed by atoms with Gasteiger partial charge in [0.05, 0.1) is 10.5 Å². The van der Waals surface area contributed by atoms with E-state index in [1.54, 1.807) is 0 Å². The van der Waals surface area contributed by atoms with Gasteiger partial charge in [-0.2, -0.15) is 0 Å². The number of fused-ring (bicyclic) bond motifs is 1. The summed E-state index contributed by atoms with van der Waals surface area (Å²) in [6, 6.07) is 4.51. The van der Waals surface area contributed by atoms with E-state index >= 15 is 0 Å². The summed E-state index contributed by atoms with van der Waals surface area (Å²) in [5, 5.41) is 1.54. The number of aryl methyl sites for hydroxylation is 1. The molecule has 0 fully saturated rings. The first kappa shape index (κ1) is 11.6. The van der Waals surface area contributed by atoms with Gasteiger partial charge in [0.2, 0.25) is 0 Å². The molecule has 0 atom stereocenters. The number of hydrogen-bond acceptors (Lipinski definition) is 1. The van der Waals surface area contributed by atoms with Gasteiger partial charge < -0.3 is 0 Å². The summed E-state index contributed by atoms with van der Waals surface area (Å²) in [6.07, 6.45) is 1.82. The van der Waals surface area contributed by atoms with Gasteiger partial charge in [-0.15, -0.1) is 0 Å². The van der Waals surface area contributed by atoms with Crippen molar-refractivity contribution in [2.24, 2.45) is 0 Å². The third-order valence-corrected chi connectivity index (χ3v) is 3.03. The van der Waals surface area contributed by atoms with Crippen molar-refractivity contribution in [2.75, 3.05) is 0 Å². The molecule has 0 unspecified atom stereocenters. The van der Waals surface area contributed by atoms with Gasteiger partial charge in [0, 0.05) is 11.5 Å². The molecule has 2 rings (SSSR count). The average molecular weight is 258 g/mol. The molecule has 1 nitrogen and oxygen atoms in total. The fourth-order valence-electron chi connectivity index (χ4n) is 1.66. The topological polar surface area (TPSA) is 12.9 Å². The van der Waals surface area contributed by atoms with Gasteiger partial charge in [0.1, 0.15) is 11.0 Å². The molecule has 0 aliphatic heterocycles. The normalized spacial score (nSPS) is 11.0. The molecule has 16 heavy (non-hydrogen) atoms. The minimum atomic E-state index is -0.399. The highest BCUT2D eigenvalue weighted by atomic mass is 35.5. The Morgan fingerprint density at radius 2 is 2.00 bits per heavy atom. The fraction of sp³-hybridized carbons (Fsp3) is 0.250. The van der Waals surface area contributed by atoms with Gasteiger partial charge in [-0.1, -0.05) is 36.5 Å². The van der Waals surface area contributed by atoms with Crippen molar-refractivity contribution in [2.45, 2.75) is 19.8 Å². The van der Waals surface area contributed by atoms with Crippen molar-refractivity contribution < 1.29 is 4.39 Å². The molecular weight excluding hydrogens is 248 g/mol. The molecule has 1 aromatic heterocycles. The lowest BCUT2D eigenvalue weighted by atomic mass is 10.1. The maximum Gasteiger partial charge on any atom is 0.132 e. The van der Waals surface area contributed by atoms with Crippen molar-refractivity contribution in [3.8, 4) is 0 Å².